The maximum absolute atomic E-state index is 5.35. The first kappa shape index (κ1) is 8.87. The molecule has 0 unspecified atom stereocenters. The van der Waals surface area contributed by atoms with Gasteiger partial charge in [-0.1, -0.05) is 0 Å². The van der Waals surface area contributed by atoms with Gasteiger partial charge in [-0.25, -0.2) is 4.98 Å². The van der Waals surface area contributed by atoms with Crippen LogP contribution in [0.2, 0.25) is 0 Å². The molecule has 2 heterocycles. The first-order valence-corrected chi connectivity index (χ1v) is 4.45. The lowest BCUT2D eigenvalue weighted by molar-refractivity contribution is 0.259. The number of oxazole rings is 1. The largest absolute Gasteiger partial charge is 0.464 e. The van der Waals surface area contributed by atoms with Gasteiger partial charge in [0.25, 0.3) is 5.89 Å². The minimum atomic E-state index is 0.413. The standard InChI is InChI=1S/C10H11NO3/c1-3-12-9-6-11-10(14-9)8-5-4-7(2)13-8/h4-6H,3H2,1-2H3. The van der Waals surface area contributed by atoms with Crippen molar-refractivity contribution in [2.45, 2.75) is 13.8 Å². The zero-order valence-electron chi connectivity index (χ0n) is 8.11. The smallest absolute Gasteiger partial charge is 0.305 e. The van der Waals surface area contributed by atoms with E-state index >= 15 is 0 Å². The molecule has 74 valence electrons. The monoisotopic (exact) mass is 193 g/mol. The van der Waals surface area contributed by atoms with Crippen LogP contribution >= 0.6 is 0 Å². The Morgan fingerprint density at radius 2 is 2.21 bits per heavy atom. The molecule has 4 heteroatoms. The van der Waals surface area contributed by atoms with Crippen molar-refractivity contribution in [3.05, 3.63) is 24.1 Å². The summed E-state index contributed by atoms with van der Waals surface area (Å²) >= 11 is 0. The SMILES string of the molecule is CCOc1cnc(-c2ccc(C)o2)o1. The molecular weight excluding hydrogens is 182 g/mol. The van der Waals surface area contributed by atoms with Gasteiger partial charge in [-0.05, 0) is 26.0 Å². The van der Waals surface area contributed by atoms with Crippen LogP contribution in [0.3, 0.4) is 0 Å². The van der Waals surface area contributed by atoms with Crippen LogP contribution in [0, 0.1) is 6.92 Å². The topological polar surface area (TPSA) is 48.4 Å². The van der Waals surface area contributed by atoms with Crippen LogP contribution in [-0.2, 0) is 0 Å². The van der Waals surface area contributed by atoms with E-state index in [2.05, 4.69) is 4.98 Å². The minimum absolute atomic E-state index is 0.413. The second-order valence-corrected chi connectivity index (χ2v) is 2.83. The average Bonchev–Trinajstić information content (AvgIpc) is 2.74. The van der Waals surface area contributed by atoms with Gasteiger partial charge in [-0.2, -0.15) is 0 Å². The Hall–Kier alpha value is -1.71. The lowest BCUT2D eigenvalue weighted by Gasteiger charge is -1.93. The molecular formula is C10H11NO3. The zero-order valence-corrected chi connectivity index (χ0v) is 8.11. The zero-order chi connectivity index (χ0) is 9.97. The maximum Gasteiger partial charge on any atom is 0.305 e. The fraction of sp³-hybridized carbons (Fsp3) is 0.300. The van der Waals surface area contributed by atoms with Crippen LogP contribution in [0.4, 0.5) is 0 Å². The van der Waals surface area contributed by atoms with E-state index in [1.807, 2.05) is 26.0 Å². The van der Waals surface area contributed by atoms with Crippen molar-refractivity contribution in [2.75, 3.05) is 6.61 Å². The summed E-state index contributed by atoms with van der Waals surface area (Å²) in [6.07, 6.45) is 1.54. The van der Waals surface area contributed by atoms with Crippen molar-refractivity contribution >= 4 is 0 Å². The third-order valence-corrected chi connectivity index (χ3v) is 1.72. The maximum atomic E-state index is 5.35. The molecule has 4 nitrogen and oxygen atoms in total. The Balaban J connectivity index is 2.24. The first-order chi connectivity index (χ1) is 6.79. The van der Waals surface area contributed by atoms with Crippen molar-refractivity contribution in [1.29, 1.82) is 0 Å². The molecule has 0 amide bonds. The van der Waals surface area contributed by atoms with Gasteiger partial charge in [-0.3, -0.25) is 0 Å². The van der Waals surface area contributed by atoms with Gasteiger partial charge in [0.05, 0.1) is 6.61 Å². The van der Waals surface area contributed by atoms with Gasteiger partial charge in [0.2, 0.25) is 0 Å². The van der Waals surface area contributed by atoms with Crippen LogP contribution in [0.15, 0.2) is 27.2 Å². The summed E-state index contributed by atoms with van der Waals surface area (Å²) in [6.45, 7) is 4.32. The van der Waals surface area contributed by atoms with Crippen molar-refractivity contribution in [3.63, 3.8) is 0 Å². The number of hydrogen-bond acceptors (Lipinski definition) is 4. The molecule has 0 spiro atoms. The quantitative estimate of drug-likeness (QED) is 0.751. The fourth-order valence-electron chi connectivity index (χ4n) is 1.13. The highest BCUT2D eigenvalue weighted by molar-refractivity contribution is 5.45. The summed E-state index contributed by atoms with van der Waals surface area (Å²) in [7, 11) is 0. The second-order valence-electron chi connectivity index (χ2n) is 2.83. The highest BCUT2D eigenvalue weighted by atomic mass is 16.6. The fourth-order valence-corrected chi connectivity index (χ4v) is 1.13. The molecule has 0 aromatic carbocycles. The van der Waals surface area contributed by atoms with Gasteiger partial charge >= 0.3 is 5.95 Å². The van der Waals surface area contributed by atoms with Crippen LogP contribution in [0.25, 0.3) is 11.7 Å². The van der Waals surface area contributed by atoms with Crippen LogP contribution in [0.5, 0.6) is 5.95 Å². The molecule has 14 heavy (non-hydrogen) atoms. The number of hydrogen-bond donors (Lipinski definition) is 0. The molecule has 0 fully saturated rings. The van der Waals surface area contributed by atoms with Crippen molar-refractivity contribution in [1.82, 2.24) is 4.98 Å². The number of ether oxygens (including phenoxy) is 1. The molecule has 0 saturated heterocycles. The summed E-state index contributed by atoms with van der Waals surface area (Å²) < 4.78 is 15.8. The molecule has 0 radical (unpaired) electrons. The molecule has 0 N–H and O–H groups in total. The third-order valence-electron chi connectivity index (χ3n) is 1.72. The molecule has 0 aliphatic heterocycles. The van der Waals surface area contributed by atoms with E-state index in [4.69, 9.17) is 13.6 Å². The van der Waals surface area contributed by atoms with E-state index in [0.717, 1.165) is 5.76 Å². The van der Waals surface area contributed by atoms with E-state index in [9.17, 15) is 0 Å². The number of aryl methyl sites for hydroxylation is 1. The van der Waals surface area contributed by atoms with E-state index in [0.29, 0.717) is 24.2 Å². The molecule has 2 aromatic rings. The molecule has 0 saturated carbocycles. The van der Waals surface area contributed by atoms with Gasteiger partial charge in [0.1, 0.15) is 12.0 Å². The normalized spacial score (nSPS) is 10.4. The summed E-state index contributed by atoms with van der Waals surface area (Å²) in [6, 6.07) is 3.68. The number of furan rings is 1. The van der Waals surface area contributed by atoms with Crippen molar-refractivity contribution in [3.8, 4) is 17.6 Å². The van der Waals surface area contributed by atoms with Crippen LogP contribution in [0.1, 0.15) is 12.7 Å². The average molecular weight is 193 g/mol. The number of rotatable bonds is 3. The minimum Gasteiger partial charge on any atom is -0.464 e. The summed E-state index contributed by atoms with van der Waals surface area (Å²) in [5, 5.41) is 0. The van der Waals surface area contributed by atoms with Gasteiger partial charge < -0.3 is 13.6 Å². The van der Waals surface area contributed by atoms with Gasteiger partial charge in [0, 0.05) is 0 Å². The van der Waals surface area contributed by atoms with Crippen molar-refractivity contribution < 1.29 is 13.6 Å². The van der Waals surface area contributed by atoms with Crippen molar-refractivity contribution in [2.24, 2.45) is 0 Å². The number of nitrogens with zero attached hydrogens (tertiary/aromatic N) is 1. The first-order valence-electron chi connectivity index (χ1n) is 4.45. The molecule has 2 aromatic heterocycles. The molecule has 0 aliphatic rings. The second kappa shape index (κ2) is 3.57. The van der Waals surface area contributed by atoms with Crippen LogP contribution in [-0.4, -0.2) is 11.6 Å². The molecule has 0 atom stereocenters. The molecule has 0 aliphatic carbocycles. The Morgan fingerprint density at radius 3 is 2.86 bits per heavy atom. The van der Waals surface area contributed by atoms with Gasteiger partial charge in [-0.15, -0.1) is 0 Å². The Morgan fingerprint density at radius 1 is 1.36 bits per heavy atom. The highest BCUT2D eigenvalue weighted by Gasteiger charge is 2.10. The summed E-state index contributed by atoms with van der Waals surface area (Å²) in [5.41, 5.74) is 0. The lowest BCUT2D eigenvalue weighted by atomic mass is 10.4. The molecule has 0 bridgehead atoms. The predicted molar refractivity (Wildman–Crippen MR) is 50.1 cm³/mol. The number of aromatic nitrogens is 1. The predicted octanol–water partition coefficient (Wildman–Crippen LogP) is 2.64. The Kier molecular flexibility index (Phi) is 2.26. The Bertz CT molecular complexity index is 416. The van der Waals surface area contributed by atoms with E-state index in [-0.39, 0.29) is 0 Å². The highest BCUT2D eigenvalue weighted by Crippen LogP contribution is 2.24. The van der Waals surface area contributed by atoms with Crippen LogP contribution < -0.4 is 4.74 Å². The lowest BCUT2D eigenvalue weighted by Crippen LogP contribution is -1.87. The van der Waals surface area contributed by atoms with E-state index < -0.39 is 0 Å². The molecule has 2 rings (SSSR count). The van der Waals surface area contributed by atoms with Gasteiger partial charge in [0.15, 0.2) is 5.76 Å². The third kappa shape index (κ3) is 1.64. The Labute approximate surface area is 81.5 Å². The van der Waals surface area contributed by atoms with E-state index in [1.165, 1.54) is 6.20 Å². The van der Waals surface area contributed by atoms with E-state index in [1.54, 1.807) is 0 Å². The summed E-state index contributed by atoms with van der Waals surface area (Å²) in [5.74, 6) is 2.31. The summed E-state index contributed by atoms with van der Waals surface area (Å²) in [4.78, 5) is 4.03.